The number of carbonyl (C=O) groups is 1. The number of phenols is 1. The number of aromatic nitrogens is 1. The van der Waals surface area contributed by atoms with Crippen LogP contribution in [0.1, 0.15) is 44.2 Å². The Morgan fingerprint density at radius 1 is 1.20 bits per heavy atom. The Balaban J connectivity index is 0.000000531. The quantitative estimate of drug-likeness (QED) is 0.456. The molecule has 0 aliphatic carbocycles. The van der Waals surface area contributed by atoms with Gasteiger partial charge in [0.15, 0.2) is 0 Å². The number of primary amides is 1. The van der Waals surface area contributed by atoms with E-state index in [1.54, 1.807) is 36.5 Å². The fourth-order valence-corrected chi connectivity index (χ4v) is 2.42. The van der Waals surface area contributed by atoms with Gasteiger partial charge in [0.2, 0.25) is 5.91 Å². The van der Waals surface area contributed by atoms with Crippen molar-refractivity contribution in [3.8, 4) is 5.75 Å². The lowest BCUT2D eigenvalue weighted by Gasteiger charge is -2.08. The molecule has 1 amide bonds. The molecule has 1 aliphatic heterocycles. The number of nitrogen functional groups attached to an aromatic ring is 1. The molecule has 1 aromatic heterocycles. The predicted octanol–water partition coefficient (Wildman–Crippen LogP) is 4.28. The molecule has 1 fully saturated rings. The van der Waals surface area contributed by atoms with E-state index in [0.29, 0.717) is 27.7 Å². The van der Waals surface area contributed by atoms with Gasteiger partial charge in [-0.25, -0.2) is 0 Å². The van der Waals surface area contributed by atoms with Crippen molar-refractivity contribution in [1.29, 1.82) is 0 Å². The number of nitrogens with two attached hydrogens (primary N) is 3. The Bertz CT molecular complexity index is 768. The first kappa shape index (κ1) is 27.1. The smallest absolute Gasteiger partial charge is 0.240 e. The molecule has 0 bridgehead atoms. The molecule has 1 aliphatic rings. The Hall–Kier alpha value is -2.90. The Labute approximate surface area is 183 Å². The van der Waals surface area contributed by atoms with Crippen LogP contribution < -0.4 is 17.2 Å². The standard InChI is InChI=1S/C12H12ClN3O.C5H10O.C3H5NO.C2H6/c13-9-6-16-12(15)8(9)5-10(14)7-3-1-2-4-11(7)17;1-2-4-6-5-3-1;1-2-3(4)5;1-2/h1-6,16-17H,14-15H2;1-5H2;2H,1H2,(H2,4,5);1-2H3/b10-5-;;;. The van der Waals surface area contributed by atoms with E-state index >= 15 is 0 Å². The zero-order chi connectivity index (χ0) is 22.9. The number of benzene rings is 1. The first-order valence-electron chi connectivity index (χ1n) is 9.74. The number of H-pyrrole nitrogens is 1. The summed E-state index contributed by atoms with van der Waals surface area (Å²) in [6.45, 7) is 9.09. The minimum Gasteiger partial charge on any atom is -0.507 e. The fourth-order valence-electron chi connectivity index (χ4n) is 2.21. The minimum atomic E-state index is -0.481. The number of carbonyl (C=O) groups excluding carboxylic acids is 1. The van der Waals surface area contributed by atoms with E-state index in [1.807, 2.05) is 13.8 Å². The second-order valence-corrected chi connectivity index (χ2v) is 6.27. The van der Waals surface area contributed by atoms with E-state index < -0.39 is 5.91 Å². The summed E-state index contributed by atoms with van der Waals surface area (Å²) in [7, 11) is 0. The number of para-hydroxylation sites is 1. The van der Waals surface area contributed by atoms with E-state index in [4.69, 9.17) is 27.8 Å². The van der Waals surface area contributed by atoms with Crippen molar-refractivity contribution in [3.05, 3.63) is 59.3 Å². The van der Waals surface area contributed by atoms with Crippen LogP contribution in [0.4, 0.5) is 5.82 Å². The van der Waals surface area contributed by atoms with Crippen LogP contribution in [0.25, 0.3) is 11.8 Å². The Morgan fingerprint density at radius 2 is 1.77 bits per heavy atom. The van der Waals surface area contributed by atoms with Gasteiger partial charge in [-0.05, 0) is 43.5 Å². The summed E-state index contributed by atoms with van der Waals surface area (Å²) in [6, 6.07) is 6.80. The summed E-state index contributed by atoms with van der Waals surface area (Å²) in [6.07, 6.45) is 8.20. The summed E-state index contributed by atoms with van der Waals surface area (Å²) in [4.78, 5) is 12.3. The molecule has 0 saturated carbocycles. The average molecular weight is 437 g/mol. The van der Waals surface area contributed by atoms with Crippen molar-refractivity contribution in [2.24, 2.45) is 11.5 Å². The highest BCUT2D eigenvalue weighted by Gasteiger charge is 2.08. The van der Waals surface area contributed by atoms with Crippen LogP contribution in [-0.4, -0.2) is 29.2 Å². The second kappa shape index (κ2) is 16.0. The number of aromatic hydroxyl groups is 1. The molecule has 0 spiro atoms. The van der Waals surface area contributed by atoms with Gasteiger partial charge >= 0.3 is 0 Å². The van der Waals surface area contributed by atoms with Gasteiger partial charge in [0.25, 0.3) is 0 Å². The van der Waals surface area contributed by atoms with Crippen molar-refractivity contribution >= 4 is 35.1 Å². The fraction of sp³-hybridized carbons (Fsp3) is 0.318. The molecule has 2 aromatic rings. The molecule has 166 valence electrons. The maximum atomic E-state index is 9.66. The van der Waals surface area contributed by atoms with Crippen LogP contribution in [0.15, 0.2) is 43.1 Å². The molecule has 3 rings (SSSR count). The number of hydrogen-bond donors (Lipinski definition) is 5. The number of nitrogens with one attached hydrogen (secondary N) is 1. The third-order valence-corrected chi connectivity index (χ3v) is 4.01. The highest BCUT2D eigenvalue weighted by Crippen LogP contribution is 2.28. The number of ether oxygens (including phenoxy) is 1. The number of hydrogen-bond acceptors (Lipinski definition) is 5. The lowest BCUT2D eigenvalue weighted by molar-refractivity contribution is -0.113. The summed E-state index contributed by atoms with van der Waals surface area (Å²) in [5, 5.41) is 10.1. The molecule has 30 heavy (non-hydrogen) atoms. The van der Waals surface area contributed by atoms with Crippen LogP contribution >= 0.6 is 11.6 Å². The number of amides is 1. The van der Waals surface area contributed by atoms with Crippen LogP contribution in [0.5, 0.6) is 5.75 Å². The molecule has 0 unspecified atom stereocenters. The van der Waals surface area contributed by atoms with Crippen molar-refractivity contribution in [1.82, 2.24) is 4.98 Å². The molecule has 2 heterocycles. The lowest BCUT2D eigenvalue weighted by atomic mass is 10.1. The van der Waals surface area contributed by atoms with E-state index in [0.717, 1.165) is 19.3 Å². The van der Waals surface area contributed by atoms with Gasteiger partial charge < -0.3 is 32.0 Å². The third kappa shape index (κ3) is 10.6. The number of anilines is 1. The van der Waals surface area contributed by atoms with Gasteiger partial charge in [-0.2, -0.15) is 0 Å². The van der Waals surface area contributed by atoms with Crippen LogP contribution in [-0.2, 0) is 9.53 Å². The van der Waals surface area contributed by atoms with E-state index in [2.05, 4.69) is 17.3 Å². The maximum Gasteiger partial charge on any atom is 0.240 e. The Kier molecular flexibility index (Phi) is 14.4. The van der Waals surface area contributed by atoms with E-state index in [-0.39, 0.29) is 5.75 Å². The SMILES string of the molecule is C1CCOCC1.C=CC(N)=O.CC.N/C(=C\c1c(Cl)c[nH]c1N)c1ccccc1O. The van der Waals surface area contributed by atoms with Gasteiger partial charge in [-0.1, -0.05) is 44.2 Å². The number of rotatable bonds is 3. The normalized spacial score (nSPS) is 12.7. The van der Waals surface area contributed by atoms with E-state index in [1.165, 1.54) is 19.3 Å². The molecule has 1 saturated heterocycles. The summed E-state index contributed by atoms with van der Waals surface area (Å²) < 4.78 is 5.07. The third-order valence-electron chi connectivity index (χ3n) is 3.70. The van der Waals surface area contributed by atoms with Crippen LogP contribution in [0, 0.1) is 0 Å². The maximum absolute atomic E-state index is 9.66. The zero-order valence-electron chi connectivity index (χ0n) is 17.7. The van der Waals surface area contributed by atoms with Crippen molar-refractivity contribution in [2.45, 2.75) is 33.1 Å². The molecule has 8 N–H and O–H groups in total. The van der Waals surface area contributed by atoms with Gasteiger partial charge in [0.1, 0.15) is 11.6 Å². The highest BCUT2D eigenvalue weighted by molar-refractivity contribution is 6.32. The molecule has 0 atom stereocenters. The van der Waals surface area contributed by atoms with Gasteiger partial charge in [0, 0.05) is 36.2 Å². The van der Waals surface area contributed by atoms with Crippen LogP contribution in [0.3, 0.4) is 0 Å². The summed E-state index contributed by atoms with van der Waals surface area (Å²) in [5.74, 6) is 0.0739. The van der Waals surface area contributed by atoms with Gasteiger partial charge in [0.05, 0.1) is 5.02 Å². The highest BCUT2D eigenvalue weighted by atomic mass is 35.5. The molecule has 7 nitrogen and oxygen atoms in total. The molecular formula is C22H33ClN4O3. The van der Waals surface area contributed by atoms with Crippen molar-refractivity contribution in [2.75, 3.05) is 18.9 Å². The number of halogens is 1. The zero-order valence-corrected chi connectivity index (χ0v) is 18.4. The molecule has 1 aromatic carbocycles. The Morgan fingerprint density at radius 3 is 2.13 bits per heavy atom. The first-order chi connectivity index (χ1) is 14.4. The minimum absolute atomic E-state index is 0.117. The monoisotopic (exact) mass is 436 g/mol. The molecule has 0 radical (unpaired) electrons. The van der Waals surface area contributed by atoms with E-state index in [9.17, 15) is 9.90 Å². The topological polar surface area (TPSA) is 140 Å². The molecule has 8 heteroatoms. The number of aromatic amines is 1. The predicted molar refractivity (Wildman–Crippen MR) is 126 cm³/mol. The number of phenolic OH excluding ortho intramolecular Hbond substituents is 1. The largest absolute Gasteiger partial charge is 0.507 e. The summed E-state index contributed by atoms with van der Waals surface area (Å²) >= 11 is 5.94. The van der Waals surface area contributed by atoms with Gasteiger partial charge in [-0.15, -0.1) is 0 Å². The second-order valence-electron chi connectivity index (χ2n) is 5.86. The van der Waals surface area contributed by atoms with Crippen molar-refractivity contribution < 1.29 is 14.6 Å². The van der Waals surface area contributed by atoms with Crippen LogP contribution in [0.2, 0.25) is 5.02 Å². The summed E-state index contributed by atoms with van der Waals surface area (Å²) in [5.41, 5.74) is 17.7. The van der Waals surface area contributed by atoms with Crippen molar-refractivity contribution in [3.63, 3.8) is 0 Å². The first-order valence-corrected chi connectivity index (χ1v) is 10.1. The molecular weight excluding hydrogens is 404 g/mol. The average Bonchev–Trinajstić information content (AvgIpc) is 3.09. The lowest BCUT2D eigenvalue weighted by Crippen LogP contribution is -2.04. The van der Waals surface area contributed by atoms with Gasteiger partial charge in [-0.3, -0.25) is 4.79 Å².